The highest BCUT2D eigenvalue weighted by Crippen LogP contribution is 2.64. The predicted molar refractivity (Wildman–Crippen MR) is 250 cm³/mol. The molecule has 9 aromatic rings. The smallest absolute Gasteiger partial charge is 0.0727 e. The van der Waals surface area contributed by atoms with Crippen molar-refractivity contribution in [2.45, 2.75) is 24.7 Å². The van der Waals surface area contributed by atoms with Gasteiger partial charge in [-0.05, 0) is 140 Å². The average Bonchev–Trinajstić information content (AvgIpc) is 3.86. The highest BCUT2D eigenvalue weighted by Gasteiger charge is 2.52. The lowest BCUT2D eigenvalue weighted by Gasteiger charge is -2.33. The number of rotatable bonds is 6. The lowest BCUT2D eigenvalue weighted by molar-refractivity contribution is 0.660. The summed E-state index contributed by atoms with van der Waals surface area (Å²) in [5, 5.41) is 0. The van der Waals surface area contributed by atoms with E-state index in [4.69, 9.17) is 0 Å². The van der Waals surface area contributed by atoms with E-state index in [2.05, 4.69) is 242 Å². The van der Waals surface area contributed by atoms with Gasteiger partial charge in [-0.25, -0.2) is 0 Å². The van der Waals surface area contributed by atoms with Crippen molar-refractivity contribution in [1.29, 1.82) is 0 Å². The molecule has 0 aromatic heterocycles. The number of benzene rings is 9. The van der Waals surface area contributed by atoms with Crippen LogP contribution in [0.5, 0.6) is 0 Å². The minimum absolute atomic E-state index is 0.115. The van der Waals surface area contributed by atoms with Gasteiger partial charge in [0.1, 0.15) is 0 Å². The minimum atomic E-state index is -0.535. The summed E-state index contributed by atoms with van der Waals surface area (Å²) in [7, 11) is 0. The third kappa shape index (κ3) is 4.82. The number of hydrogen-bond donors (Lipinski definition) is 0. The molecule has 3 aliphatic carbocycles. The molecule has 0 heterocycles. The minimum Gasteiger partial charge on any atom is -0.310 e. The third-order valence-corrected chi connectivity index (χ3v) is 13.4. The Labute approximate surface area is 352 Å². The molecular weight excluding hydrogens is 725 g/mol. The number of anilines is 6. The van der Waals surface area contributed by atoms with Crippen LogP contribution in [0.25, 0.3) is 33.4 Å². The van der Waals surface area contributed by atoms with Crippen LogP contribution < -0.4 is 9.80 Å². The van der Waals surface area contributed by atoms with Gasteiger partial charge in [0.05, 0.1) is 5.41 Å². The summed E-state index contributed by atoms with van der Waals surface area (Å²) in [5.74, 6) is 0. The number of hydrogen-bond acceptors (Lipinski definition) is 2. The molecule has 12 rings (SSSR count). The highest BCUT2D eigenvalue weighted by atomic mass is 15.1. The summed E-state index contributed by atoms with van der Waals surface area (Å²) in [6.45, 7) is 4.73. The van der Waals surface area contributed by atoms with E-state index in [9.17, 15) is 0 Å². The lowest BCUT2D eigenvalue weighted by atomic mass is 9.70. The topological polar surface area (TPSA) is 6.48 Å². The van der Waals surface area contributed by atoms with Crippen molar-refractivity contribution in [2.24, 2.45) is 0 Å². The molecule has 3 aliphatic rings. The van der Waals surface area contributed by atoms with E-state index in [1.807, 2.05) is 0 Å². The third-order valence-electron chi connectivity index (χ3n) is 13.4. The molecule has 9 aromatic carbocycles. The number of fused-ring (bicyclic) bond motifs is 13. The number of nitrogens with zero attached hydrogens (tertiary/aromatic N) is 2. The molecule has 1 spiro atoms. The first-order valence-electron chi connectivity index (χ1n) is 21.0. The van der Waals surface area contributed by atoms with Gasteiger partial charge in [0.15, 0.2) is 0 Å². The Morgan fingerprint density at radius 3 is 0.983 bits per heavy atom. The van der Waals surface area contributed by atoms with Crippen LogP contribution in [0.2, 0.25) is 0 Å². The van der Waals surface area contributed by atoms with Gasteiger partial charge in [-0.2, -0.15) is 0 Å². The van der Waals surface area contributed by atoms with Crippen molar-refractivity contribution < 1.29 is 0 Å². The summed E-state index contributed by atoms with van der Waals surface area (Å²) in [6.07, 6.45) is 0. The van der Waals surface area contributed by atoms with Crippen molar-refractivity contribution in [2.75, 3.05) is 9.80 Å². The van der Waals surface area contributed by atoms with Crippen LogP contribution in [0.3, 0.4) is 0 Å². The average molecular weight is 767 g/mol. The summed E-state index contributed by atoms with van der Waals surface area (Å²) >= 11 is 0. The molecule has 0 aliphatic heterocycles. The first-order chi connectivity index (χ1) is 29.5. The van der Waals surface area contributed by atoms with Crippen LogP contribution in [0.15, 0.2) is 218 Å². The highest BCUT2D eigenvalue weighted by molar-refractivity contribution is 5.98. The molecule has 0 radical (unpaired) electrons. The summed E-state index contributed by atoms with van der Waals surface area (Å²) in [4.78, 5) is 4.85. The summed E-state index contributed by atoms with van der Waals surface area (Å²) in [6, 6.07) is 80.9. The van der Waals surface area contributed by atoms with Crippen LogP contribution in [0.4, 0.5) is 34.1 Å². The van der Waals surface area contributed by atoms with Gasteiger partial charge in [0.25, 0.3) is 0 Å². The van der Waals surface area contributed by atoms with Crippen molar-refractivity contribution in [3.8, 4) is 33.4 Å². The van der Waals surface area contributed by atoms with Crippen LogP contribution in [0, 0.1) is 0 Å². The Bertz CT molecular complexity index is 3080. The van der Waals surface area contributed by atoms with Crippen molar-refractivity contribution in [3.05, 3.63) is 252 Å². The van der Waals surface area contributed by atoms with Gasteiger partial charge in [-0.15, -0.1) is 0 Å². The molecule has 0 fully saturated rings. The predicted octanol–water partition coefficient (Wildman–Crippen LogP) is 15.3. The number of para-hydroxylation sites is 3. The van der Waals surface area contributed by atoms with E-state index in [1.165, 1.54) is 66.8 Å². The molecule has 60 heavy (non-hydrogen) atoms. The molecule has 2 heteroatoms. The zero-order valence-corrected chi connectivity index (χ0v) is 33.7. The van der Waals surface area contributed by atoms with E-state index in [-0.39, 0.29) is 5.41 Å². The monoisotopic (exact) mass is 766 g/mol. The maximum absolute atomic E-state index is 2.50. The van der Waals surface area contributed by atoms with Crippen molar-refractivity contribution in [1.82, 2.24) is 0 Å². The van der Waals surface area contributed by atoms with Crippen LogP contribution >= 0.6 is 0 Å². The van der Waals surface area contributed by atoms with Gasteiger partial charge >= 0.3 is 0 Å². The molecule has 2 nitrogen and oxygen atoms in total. The Hall–Kier alpha value is -7.42. The second kappa shape index (κ2) is 13.0. The summed E-state index contributed by atoms with van der Waals surface area (Å²) in [5.41, 5.74) is 22.0. The standard InChI is InChI=1S/C58H42N2/c1-57(2)51-27-15-12-24-45(51)48-33-30-42(36-54(48)57)60(41-22-10-5-11-23-41)44-32-35-50-47-26-14-17-29-53(47)58(56(50)38-44)52-28-16-13-25-46(52)49-34-31-43(37-55(49)58)59(39-18-6-3-7-19-39)40-20-8-4-9-21-40/h3-38H,1-2H3. The maximum Gasteiger partial charge on any atom is 0.0727 e. The molecule has 284 valence electrons. The Kier molecular flexibility index (Phi) is 7.52. The molecule has 0 amide bonds. The molecule has 0 bridgehead atoms. The summed E-state index contributed by atoms with van der Waals surface area (Å²) < 4.78 is 0. The normalized spacial score (nSPS) is 15.7. The van der Waals surface area contributed by atoms with E-state index >= 15 is 0 Å². The Morgan fingerprint density at radius 2 is 0.550 bits per heavy atom. The van der Waals surface area contributed by atoms with Crippen LogP contribution in [-0.4, -0.2) is 0 Å². The van der Waals surface area contributed by atoms with E-state index in [0.29, 0.717) is 0 Å². The fourth-order valence-electron chi connectivity index (χ4n) is 10.9. The van der Waals surface area contributed by atoms with Crippen LogP contribution in [0.1, 0.15) is 47.2 Å². The van der Waals surface area contributed by atoms with Gasteiger partial charge in [0.2, 0.25) is 0 Å². The van der Waals surface area contributed by atoms with Crippen molar-refractivity contribution in [3.63, 3.8) is 0 Å². The van der Waals surface area contributed by atoms with Crippen molar-refractivity contribution >= 4 is 34.1 Å². The van der Waals surface area contributed by atoms with Gasteiger partial charge in [-0.3, -0.25) is 0 Å². The molecule has 0 saturated heterocycles. The molecule has 1 unspecified atom stereocenters. The fourth-order valence-corrected chi connectivity index (χ4v) is 10.9. The zero-order valence-electron chi connectivity index (χ0n) is 33.7. The van der Waals surface area contributed by atoms with Crippen LogP contribution in [-0.2, 0) is 10.8 Å². The zero-order chi connectivity index (χ0) is 40.0. The molecular formula is C58H42N2. The van der Waals surface area contributed by atoms with Gasteiger partial charge < -0.3 is 9.80 Å². The van der Waals surface area contributed by atoms with E-state index in [0.717, 1.165) is 34.1 Å². The first-order valence-corrected chi connectivity index (χ1v) is 21.0. The maximum atomic E-state index is 2.50. The van der Waals surface area contributed by atoms with E-state index in [1.54, 1.807) is 0 Å². The lowest BCUT2D eigenvalue weighted by Crippen LogP contribution is -2.26. The van der Waals surface area contributed by atoms with Gasteiger partial charge in [0, 0.05) is 39.5 Å². The molecule has 0 N–H and O–H groups in total. The largest absolute Gasteiger partial charge is 0.310 e. The SMILES string of the molecule is CC1(C)c2ccccc2-c2ccc(N(c3ccccc3)c3ccc4c(c3)C3(c5ccccc5-c5ccc(N(c6ccccc6)c6ccccc6)cc53)c3ccccc3-4)cc21. The van der Waals surface area contributed by atoms with E-state index < -0.39 is 5.41 Å². The quantitative estimate of drug-likeness (QED) is 0.166. The second-order valence-corrected chi connectivity index (χ2v) is 16.9. The Morgan fingerprint density at radius 1 is 0.250 bits per heavy atom. The molecule has 1 atom stereocenters. The van der Waals surface area contributed by atoms with Gasteiger partial charge in [-0.1, -0.05) is 159 Å². The fraction of sp³-hybridized carbons (Fsp3) is 0.0690. The second-order valence-electron chi connectivity index (χ2n) is 16.9. The Balaban J connectivity index is 1.10. The first kappa shape index (κ1) is 34.6. The molecule has 0 saturated carbocycles.